The van der Waals surface area contributed by atoms with E-state index in [0.29, 0.717) is 11.1 Å². The van der Waals surface area contributed by atoms with E-state index < -0.39 is 58.9 Å². The summed E-state index contributed by atoms with van der Waals surface area (Å²) in [5.41, 5.74) is -0.901. The average Bonchev–Trinajstić information content (AvgIpc) is 3.85. The van der Waals surface area contributed by atoms with Crippen molar-refractivity contribution in [3.05, 3.63) is 109 Å². The lowest BCUT2D eigenvalue weighted by Crippen LogP contribution is -2.41. The Kier molecular flexibility index (Phi) is 11.4. The zero-order chi connectivity index (χ0) is 43.9. The highest BCUT2D eigenvalue weighted by molar-refractivity contribution is 5.75. The van der Waals surface area contributed by atoms with Gasteiger partial charge in [-0.3, -0.25) is 9.59 Å². The van der Waals surface area contributed by atoms with Gasteiger partial charge in [-0.1, -0.05) is 24.3 Å². The Morgan fingerprint density at radius 2 is 0.767 bits per heavy atom. The monoisotopic (exact) mass is 850 g/mol. The second-order valence-electron chi connectivity index (χ2n) is 13.8. The van der Waals surface area contributed by atoms with E-state index in [1.807, 2.05) is 0 Å². The quantitative estimate of drug-likeness (QED) is 0.0967. The molecule has 4 aromatic heterocycles. The molecule has 4 heterocycles. The average molecular weight is 851 g/mol. The van der Waals surface area contributed by atoms with Gasteiger partial charge in [0.2, 0.25) is 36.4 Å². The van der Waals surface area contributed by atoms with Gasteiger partial charge in [0.1, 0.15) is 11.4 Å². The number of hydrogen-bond donors (Lipinski definition) is 0. The molecule has 314 valence electrons. The number of hydrogen-bond acceptors (Lipinski definition) is 6. The summed E-state index contributed by atoms with van der Waals surface area (Å²) in [4.78, 5) is 34.7. The van der Waals surface area contributed by atoms with Gasteiger partial charge in [-0.15, -0.1) is 0 Å². The van der Waals surface area contributed by atoms with Crippen molar-refractivity contribution in [2.75, 3.05) is 28.2 Å². The minimum absolute atomic E-state index is 0.0181. The fourth-order valence-corrected chi connectivity index (χ4v) is 5.61. The molecule has 0 aliphatic carbocycles. The molecule has 0 N–H and O–H groups in total. The molecule has 6 aromatic rings. The number of alkyl halides is 10. The summed E-state index contributed by atoms with van der Waals surface area (Å²) in [6.07, 6.45) is -6.81. The van der Waals surface area contributed by atoms with Crippen LogP contribution in [0.2, 0.25) is 0 Å². The highest BCUT2D eigenvalue weighted by Crippen LogP contribution is 2.50. The zero-order valence-corrected chi connectivity index (χ0v) is 31.7. The van der Waals surface area contributed by atoms with Crippen LogP contribution in [0.3, 0.4) is 0 Å². The number of likely N-dealkylation sites (N-methyl/N-ethyl adjacent to an activating group) is 2. The molecular formula is C40H32F10N6O4+2. The summed E-state index contributed by atoms with van der Waals surface area (Å²) in [6, 6.07) is 16.0. The number of oxazole rings is 2. The topological polar surface area (TPSA) is 100 Å². The normalized spacial score (nSPS) is 12.4. The molecule has 20 heteroatoms. The number of carbonyl (C=O) groups excluding carboxylic acids is 2. The van der Waals surface area contributed by atoms with Crippen molar-refractivity contribution in [2.24, 2.45) is 0 Å². The summed E-state index contributed by atoms with van der Waals surface area (Å²) < 4.78 is 154. The van der Waals surface area contributed by atoms with E-state index in [2.05, 4.69) is 9.97 Å². The molecule has 0 spiro atoms. The number of nitrogens with zero attached hydrogens (tertiary/aromatic N) is 6. The van der Waals surface area contributed by atoms with Gasteiger partial charge < -0.3 is 18.6 Å². The van der Waals surface area contributed by atoms with Crippen molar-refractivity contribution in [3.63, 3.8) is 0 Å². The van der Waals surface area contributed by atoms with Crippen molar-refractivity contribution in [1.82, 2.24) is 19.8 Å². The van der Waals surface area contributed by atoms with Crippen LogP contribution in [0.25, 0.3) is 56.6 Å². The Balaban J connectivity index is 1.29. The number of benzene rings is 2. The minimum Gasteiger partial charge on any atom is -0.434 e. The molecule has 0 unspecified atom stereocenters. The van der Waals surface area contributed by atoms with Crippen LogP contribution in [0.5, 0.6) is 0 Å². The molecule has 2 amide bonds. The van der Waals surface area contributed by atoms with Crippen LogP contribution >= 0.6 is 0 Å². The highest BCUT2D eigenvalue weighted by Gasteiger charge is 2.64. The lowest BCUT2D eigenvalue weighted by atomic mass is 10.0. The summed E-state index contributed by atoms with van der Waals surface area (Å²) in [5.74, 6) is -16.1. The number of pyridine rings is 2. The smallest absolute Gasteiger partial charge is 0.434 e. The van der Waals surface area contributed by atoms with Gasteiger partial charge in [0, 0.05) is 74.7 Å². The largest absolute Gasteiger partial charge is 0.461 e. The van der Waals surface area contributed by atoms with Gasteiger partial charge in [-0.05, 0) is 35.4 Å². The van der Waals surface area contributed by atoms with E-state index in [1.165, 1.54) is 145 Å². The third-order valence-corrected chi connectivity index (χ3v) is 9.10. The fourth-order valence-electron chi connectivity index (χ4n) is 5.61. The van der Waals surface area contributed by atoms with Crippen molar-refractivity contribution < 1.29 is 71.5 Å². The van der Waals surface area contributed by atoms with Crippen LogP contribution in [-0.4, -0.2) is 72.1 Å². The van der Waals surface area contributed by atoms with E-state index in [4.69, 9.17) is 8.83 Å². The van der Waals surface area contributed by atoms with E-state index in [-0.39, 0.29) is 47.2 Å². The summed E-state index contributed by atoms with van der Waals surface area (Å²) in [5, 5.41) is 0. The van der Waals surface area contributed by atoms with Gasteiger partial charge in [-0.2, -0.15) is 53.0 Å². The van der Waals surface area contributed by atoms with Crippen molar-refractivity contribution in [1.29, 1.82) is 0 Å². The summed E-state index contributed by atoms with van der Waals surface area (Å²) >= 11 is 0. The van der Waals surface area contributed by atoms with Crippen LogP contribution in [0, 0.1) is 0 Å². The van der Waals surface area contributed by atoms with E-state index in [9.17, 15) is 53.5 Å². The van der Waals surface area contributed by atoms with Crippen molar-refractivity contribution >= 4 is 11.8 Å². The Labute approximate surface area is 333 Å². The maximum atomic E-state index is 14.8. The molecular weight excluding hydrogens is 818 g/mol. The van der Waals surface area contributed by atoms with Crippen molar-refractivity contribution in [3.8, 4) is 56.6 Å². The minimum atomic E-state index is -6.03. The maximum Gasteiger partial charge on any atom is 0.461 e. The second-order valence-corrected chi connectivity index (χ2v) is 13.8. The lowest BCUT2D eigenvalue weighted by molar-refractivity contribution is -0.685. The van der Waals surface area contributed by atoms with Gasteiger partial charge in [0.25, 0.3) is 11.8 Å². The number of rotatable bonds is 11. The van der Waals surface area contributed by atoms with E-state index >= 15 is 0 Å². The zero-order valence-electron chi connectivity index (χ0n) is 31.7. The van der Waals surface area contributed by atoms with Crippen LogP contribution in [0.4, 0.5) is 43.9 Å². The van der Waals surface area contributed by atoms with Gasteiger partial charge in [0.15, 0.2) is 24.8 Å². The van der Waals surface area contributed by atoms with Crippen LogP contribution in [0.1, 0.15) is 11.5 Å². The fraction of sp³-hybridized carbons (Fsp3) is 0.250. The molecule has 0 fully saturated rings. The number of carbonyl (C=O) groups is 2. The van der Waals surface area contributed by atoms with Crippen LogP contribution < -0.4 is 9.13 Å². The predicted octanol–water partition coefficient (Wildman–Crippen LogP) is 8.06. The number of aromatic nitrogens is 4. The van der Waals surface area contributed by atoms with Gasteiger partial charge in [-0.25, -0.2) is 9.97 Å². The highest BCUT2D eigenvalue weighted by atomic mass is 19.4. The summed E-state index contributed by atoms with van der Waals surface area (Å²) in [6.45, 7) is -0.254. The molecule has 2 aromatic carbocycles. The first kappa shape index (κ1) is 43.0. The summed E-state index contributed by atoms with van der Waals surface area (Å²) in [7, 11) is 6.09. The predicted molar refractivity (Wildman–Crippen MR) is 191 cm³/mol. The lowest BCUT2D eigenvalue weighted by Gasteiger charge is -2.17. The molecule has 0 radical (unpaired) electrons. The SMILES string of the molecule is CN(C)C(=O)C[n+]1ccc(-c2nc(-c3ccc(-c4ccc(-c5nc(-c6cc[n+](CC(=O)N(C)C)cc6)c(C(F)(F)C(F)(F)F)o5)cc4)cc3)oc2C(F)(F)C(F)(F)F)cc1. The molecule has 0 aliphatic rings. The first-order chi connectivity index (χ1) is 28.0. The molecule has 0 atom stereocenters. The van der Waals surface area contributed by atoms with Crippen molar-refractivity contribution in [2.45, 2.75) is 37.3 Å². The molecule has 0 aliphatic heterocycles. The molecule has 10 nitrogen and oxygen atoms in total. The maximum absolute atomic E-state index is 14.8. The third-order valence-electron chi connectivity index (χ3n) is 9.10. The first-order valence-corrected chi connectivity index (χ1v) is 17.5. The Morgan fingerprint density at radius 1 is 0.483 bits per heavy atom. The Bertz CT molecular complexity index is 2320. The van der Waals surface area contributed by atoms with Gasteiger partial charge >= 0.3 is 24.2 Å². The number of halogens is 10. The van der Waals surface area contributed by atoms with Crippen LogP contribution in [-0.2, 0) is 34.5 Å². The second kappa shape index (κ2) is 15.9. The third kappa shape index (κ3) is 8.57. The first-order valence-electron chi connectivity index (χ1n) is 17.5. The Morgan fingerprint density at radius 3 is 1.03 bits per heavy atom. The molecule has 60 heavy (non-hydrogen) atoms. The Hall–Kier alpha value is -6.60. The van der Waals surface area contributed by atoms with Gasteiger partial charge in [0.05, 0.1) is 0 Å². The van der Waals surface area contributed by atoms with Crippen LogP contribution in [0.15, 0.2) is 106 Å². The molecule has 0 bridgehead atoms. The number of amides is 2. The van der Waals surface area contributed by atoms with E-state index in [1.54, 1.807) is 0 Å². The molecule has 0 saturated heterocycles. The molecule has 0 saturated carbocycles. The van der Waals surface area contributed by atoms with E-state index in [0.717, 1.165) is 0 Å². The molecule has 6 rings (SSSR count). The standard InChI is InChI=1S/C40H32F10N6O4/c1-53(2)29(57)21-55-17-13-25(14-18-55)31-33(37(41,42)39(45,46)47)59-35(51-31)27-9-5-23(6-10-27)24-7-11-28(12-8-24)36-52-32(34(60-36)38(43,44)40(48,49)50)26-15-19-56(20-16-26)22-30(58)54(3)4/h5-20H,21-22H2,1-4H3/q+2.